The highest BCUT2D eigenvalue weighted by molar-refractivity contribution is 6.30. The lowest BCUT2D eigenvalue weighted by molar-refractivity contribution is -0.141. The van der Waals surface area contributed by atoms with Crippen molar-refractivity contribution in [1.82, 2.24) is 4.90 Å². The number of methoxy groups -OCH3 is 1. The molecular formula is C16H22ClNO3. The van der Waals surface area contributed by atoms with Gasteiger partial charge >= 0.3 is 0 Å². The number of ether oxygens (including phenoxy) is 1. The molecule has 116 valence electrons. The average molecular weight is 312 g/mol. The number of halogens is 1. The van der Waals surface area contributed by atoms with E-state index in [-0.39, 0.29) is 19.1 Å². The molecule has 0 saturated heterocycles. The van der Waals surface area contributed by atoms with Crippen molar-refractivity contribution in [2.24, 2.45) is 0 Å². The van der Waals surface area contributed by atoms with Crippen molar-refractivity contribution in [2.75, 3.05) is 27.3 Å². The van der Waals surface area contributed by atoms with E-state index in [2.05, 4.69) is 0 Å². The van der Waals surface area contributed by atoms with Gasteiger partial charge in [0.1, 0.15) is 0 Å². The average Bonchev–Trinajstić information content (AvgIpc) is 2.39. The van der Waals surface area contributed by atoms with Gasteiger partial charge in [0.25, 0.3) is 0 Å². The Bertz CT molecular complexity index is 485. The van der Waals surface area contributed by atoms with Gasteiger partial charge in [-0.15, -0.1) is 0 Å². The maximum absolute atomic E-state index is 12.8. The summed E-state index contributed by atoms with van der Waals surface area (Å²) in [5.74, 6) is 0.0613. The first-order valence-electron chi connectivity index (χ1n) is 7.18. The number of carbonyl (C=O) groups excluding carboxylic acids is 1. The van der Waals surface area contributed by atoms with Crippen LogP contribution >= 0.6 is 11.6 Å². The Kier molecular flexibility index (Phi) is 5.25. The fourth-order valence-corrected chi connectivity index (χ4v) is 3.06. The van der Waals surface area contributed by atoms with Crippen LogP contribution in [0.1, 0.15) is 24.8 Å². The van der Waals surface area contributed by atoms with Crippen LogP contribution in [0.15, 0.2) is 24.3 Å². The molecule has 4 nitrogen and oxygen atoms in total. The van der Waals surface area contributed by atoms with Gasteiger partial charge in [0.2, 0.25) is 5.91 Å². The largest absolute Gasteiger partial charge is 0.389 e. The molecule has 1 atom stereocenters. The Hall–Kier alpha value is -1.10. The van der Waals surface area contributed by atoms with Crippen LogP contribution in [0.4, 0.5) is 0 Å². The van der Waals surface area contributed by atoms with E-state index in [1.54, 1.807) is 11.9 Å². The molecule has 0 bridgehead atoms. The third kappa shape index (κ3) is 3.39. The predicted octanol–water partition coefficient (Wildman–Crippen LogP) is 2.23. The Balaban J connectivity index is 2.12. The lowest BCUT2D eigenvalue weighted by atomic mass is 9.63. The van der Waals surface area contributed by atoms with E-state index in [1.165, 1.54) is 7.11 Å². The summed E-state index contributed by atoms with van der Waals surface area (Å²) in [7, 11) is 3.27. The zero-order valence-corrected chi connectivity index (χ0v) is 13.3. The first-order valence-corrected chi connectivity index (χ1v) is 7.56. The fourth-order valence-electron chi connectivity index (χ4n) is 2.93. The lowest BCUT2D eigenvalue weighted by Crippen LogP contribution is -2.51. The maximum Gasteiger partial charge on any atom is 0.233 e. The molecule has 0 aliphatic heterocycles. The number of aliphatic hydroxyl groups excluding tert-OH is 1. The van der Waals surface area contributed by atoms with Crippen molar-refractivity contribution >= 4 is 17.5 Å². The van der Waals surface area contributed by atoms with Crippen LogP contribution < -0.4 is 0 Å². The normalized spacial score (nSPS) is 17.9. The van der Waals surface area contributed by atoms with E-state index in [4.69, 9.17) is 16.3 Å². The first kappa shape index (κ1) is 16.3. The Morgan fingerprint density at radius 3 is 2.52 bits per heavy atom. The minimum atomic E-state index is -0.661. The summed E-state index contributed by atoms with van der Waals surface area (Å²) in [4.78, 5) is 14.4. The number of rotatable bonds is 6. The van der Waals surface area contributed by atoms with Crippen LogP contribution in [-0.2, 0) is 14.9 Å². The molecule has 1 N–H and O–H groups in total. The van der Waals surface area contributed by atoms with E-state index in [0.29, 0.717) is 5.02 Å². The smallest absolute Gasteiger partial charge is 0.233 e. The van der Waals surface area contributed by atoms with Gasteiger partial charge in [-0.25, -0.2) is 0 Å². The fraction of sp³-hybridized carbons (Fsp3) is 0.562. The lowest BCUT2D eigenvalue weighted by Gasteiger charge is -2.43. The quantitative estimate of drug-likeness (QED) is 0.876. The molecule has 1 saturated carbocycles. The second-order valence-corrected chi connectivity index (χ2v) is 6.17. The van der Waals surface area contributed by atoms with Crippen LogP contribution in [0.5, 0.6) is 0 Å². The molecule has 1 amide bonds. The van der Waals surface area contributed by atoms with Crippen LogP contribution in [0, 0.1) is 0 Å². The minimum absolute atomic E-state index is 0.0613. The molecule has 21 heavy (non-hydrogen) atoms. The van der Waals surface area contributed by atoms with E-state index in [1.807, 2.05) is 24.3 Å². The molecule has 1 unspecified atom stereocenters. The summed E-state index contributed by atoms with van der Waals surface area (Å²) >= 11 is 5.93. The van der Waals surface area contributed by atoms with Gasteiger partial charge in [-0.2, -0.15) is 0 Å². The van der Waals surface area contributed by atoms with Crippen molar-refractivity contribution in [3.05, 3.63) is 34.9 Å². The van der Waals surface area contributed by atoms with Gasteiger partial charge in [-0.05, 0) is 30.5 Å². The summed E-state index contributed by atoms with van der Waals surface area (Å²) in [6, 6.07) is 7.51. The van der Waals surface area contributed by atoms with Crippen molar-refractivity contribution in [2.45, 2.75) is 30.8 Å². The predicted molar refractivity (Wildman–Crippen MR) is 82.5 cm³/mol. The molecule has 0 heterocycles. The number of hydrogen-bond acceptors (Lipinski definition) is 3. The second-order valence-electron chi connectivity index (χ2n) is 5.74. The Morgan fingerprint density at radius 2 is 2.05 bits per heavy atom. The van der Waals surface area contributed by atoms with E-state index < -0.39 is 11.5 Å². The molecule has 2 rings (SSSR count). The van der Waals surface area contributed by atoms with E-state index >= 15 is 0 Å². The first-order chi connectivity index (χ1) is 9.99. The monoisotopic (exact) mass is 311 g/mol. The molecule has 1 aromatic rings. The van der Waals surface area contributed by atoms with Crippen molar-refractivity contribution < 1.29 is 14.6 Å². The number of nitrogens with zero attached hydrogens (tertiary/aromatic N) is 1. The molecule has 1 aliphatic rings. The third-order valence-electron chi connectivity index (χ3n) is 4.20. The van der Waals surface area contributed by atoms with Crippen LogP contribution in [-0.4, -0.2) is 49.3 Å². The summed E-state index contributed by atoms with van der Waals surface area (Å²) in [5.41, 5.74) is 0.558. The topological polar surface area (TPSA) is 49.8 Å². The van der Waals surface area contributed by atoms with Gasteiger partial charge in [-0.3, -0.25) is 4.79 Å². The SMILES string of the molecule is COCC(O)CN(C)C(=O)C1(c2ccc(Cl)cc2)CCC1. The Labute approximate surface area is 130 Å². The standard InChI is InChI=1S/C16H22ClNO3/c1-18(10-14(19)11-21-2)15(20)16(8-3-9-16)12-4-6-13(17)7-5-12/h4-7,14,19H,3,8-11H2,1-2H3. The second kappa shape index (κ2) is 6.77. The highest BCUT2D eigenvalue weighted by atomic mass is 35.5. The summed E-state index contributed by atoms with van der Waals surface area (Å²) in [5, 5.41) is 10.5. The van der Waals surface area contributed by atoms with Gasteiger partial charge in [-0.1, -0.05) is 30.2 Å². The molecule has 1 aliphatic carbocycles. The molecule has 1 aromatic carbocycles. The zero-order valence-electron chi connectivity index (χ0n) is 12.5. The third-order valence-corrected chi connectivity index (χ3v) is 4.46. The van der Waals surface area contributed by atoms with E-state index in [9.17, 15) is 9.90 Å². The van der Waals surface area contributed by atoms with Crippen molar-refractivity contribution in [1.29, 1.82) is 0 Å². The van der Waals surface area contributed by atoms with Gasteiger partial charge in [0.05, 0.1) is 18.1 Å². The van der Waals surface area contributed by atoms with Crippen molar-refractivity contribution in [3.63, 3.8) is 0 Å². The zero-order chi connectivity index (χ0) is 15.5. The highest BCUT2D eigenvalue weighted by Crippen LogP contribution is 2.45. The molecule has 5 heteroatoms. The van der Waals surface area contributed by atoms with Gasteiger partial charge < -0.3 is 14.7 Å². The number of amides is 1. The van der Waals surface area contributed by atoms with Gasteiger partial charge in [0.15, 0.2) is 0 Å². The molecule has 0 spiro atoms. The van der Waals surface area contributed by atoms with E-state index in [0.717, 1.165) is 24.8 Å². The summed E-state index contributed by atoms with van der Waals surface area (Å²) < 4.78 is 4.91. The van der Waals surface area contributed by atoms with Crippen LogP contribution in [0.3, 0.4) is 0 Å². The number of hydrogen-bond donors (Lipinski definition) is 1. The maximum atomic E-state index is 12.8. The van der Waals surface area contributed by atoms with Crippen LogP contribution in [0.25, 0.3) is 0 Å². The minimum Gasteiger partial charge on any atom is -0.389 e. The Morgan fingerprint density at radius 1 is 1.43 bits per heavy atom. The molecule has 0 radical (unpaired) electrons. The van der Waals surface area contributed by atoms with Crippen molar-refractivity contribution in [3.8, 4) is 0 Å². The molecule has 0 aromatic heterocycles. The van der Waals surface area contributed by atoms with Crippen LogP contribution in [0.2, 0.25) is 5.02 Å². The highest BCUT2D eigenvalue weighted by Gasteiger charge is 2.47. The number of likely N-dealkylation sites (N-methyl/N-ethyl adjacent to an activating group) is 1. The van der Waals surface area contributed by atoms with Gasteiger partial charge in [0, 0.05) is 25.7 Å². The molecule has 1 fully saturated rings. The number of aliphatic hydroxyl groups is 1. The number of carbonyl (C=O) groups is 1. The summed E-state index contributed by atoms with van der Waals surface area (Å²) in [6.07, 6.45) is 2.07. The number of benzene rings is 1. The summed E-state index contributed by atoms with van der Waals surface area (Å²) in [6.45, 7) is 0.508. The molecular weight excluding hydrogens is 290 g/mol.